The molecule has 8 rings (SSSR count). The van der Waals surface area contributed by atoms with Crippen molar-refractivity contribution < 1.29 is 0 Å². The Morgan fingerprint density at radius 1 is 0.417 bits per heavy atom. The van der Waals surface area contributed by atoms with Gasteiger partial charge in [0.1, 0.15) is 0 Å². The first-order valence-electron chi connectivity index (χ1n) is 28.3. The van der Waals surface area contributed by atoms with Gasteiger partial charge in [-0.2, -0.15) is 0 Å². The molecular formula is C60H104. The second kappa shape index (κ2) is 18.9. The highest BCUT2D eigenvalue weighted by Crippen LogP contribution is 2.70. The van der Waals surface area contributed by atoms with Crippen LogP contribution in [0.1, 0.15) is 249 Å². The van der Waals surface area contributed by atoms with Crippen LogP contribution in [0.5, 0.6) is 0 Å². The summed E-state index contributed by atoms with van der Waals surface area (Å²) in [5.41, 5.74) is 2.58. The molecule has 0 aromatic heterocycles. The van der Waals surface area contributed by atoms with E-state index in [1.165, 1.54) is 77.0 Å². The molecule has 8 saturated carbocycles. The molecule has 344 valence electrons. The summed E-state index contributed by atoms with van der Waals surface area (Å²) in [7, 11) is 0. The first kappa shape index (κ1) is 46.3. The van der Waals surface area contributed by atoms with Gasteiger partial charge in [-0.25, -0.2) is 0 Å². The number of allylic oxidation sites excluding steroid dienone is 2. The van der Waals surface area contributed by atoms with Crippen LogP contribution in [0.25, 0.3) is 0 Å². The largest absolute Gasteiger partial charge is 0.0885 e. The highest BCUT2D eigenvalue weighted by molar-refractivity contribution is 5.11. The van der Waals surface area contributed by atoms with E-state index >= 15 is 0 Å². The number of fused-ring (bicyclic) bond motifs is 10. The second-order valence-electron chi connectivity index (χ2n) is 27.3. The van der Waals surface area contributed by atoms with Gasteiger partial charge in [-0.3, -0.25) is 0 Å². The average molecular weight is 825 g/mol. The molecule has 18 unspecified atom stereocenters. The van der Waals surface area contributed by atoms with E-state index < -0.39 is 0 Å². The molecule has 0 bridgehead atoms. The van der Waals surface area contributed by atoms with Crippen molar-refractivity contribution in [1.82, 2.24) is 0 Å². The summed E-state index contributed by atoms with van der Waals surface area (Å²) in [5.74, 6) is 15.9. The van der Waals surface area contributed by atoms with Crippen LogP contribution >= 0.6 is 0 Å². The number of hydrogen-bond donors (Lipinski definition) is 0. The van der Waals surface area contributed by atoms with Crippen LogP contribution in [0.2, 0.25) is 0 Å². The summed E-state index contributed by atoms with van der Waals surface area (Å²) in [6, 6.07) is 0. The van der Waals surface area contributed by atoms with Crippen LogP contribution in [-0.2, 0) is 0 Å². The SMILES string of the molecule is CC(C)CCCC(C)C1CCC2C3CCC4CC(CCC=CCCC5CCC6(C)C(CCC7C6CCC6(C)C(C(C)CCCC(C)C)CCC76)C5)CCC4(C)C3CCC12C. The van der Waals surface area contributed by atoms with E-state index in [1.54, 1.807) is 103 Å². The zero-order chi connectivity index (χ0) is 42.5. The number of hydrogen-bond acceptors (Lipinski definition) is 0. The quantitative estimate of drug-likeness (QED) is 0.136. The molecule has 0 spiro atoms. The lowest BCUT2D eigenvalue weighted by atomic mass is 9.44. The van der Waals surface area contributed by atoms with Gasteiger partial charge in [0.05, 0.1) is 0 Å². The first-order chi connectivity index (χ1) is 28.7. The summed E-state index contributed by atoms with van der Waals surface area (Å²) < 4.78 is 0. The average Bonchev–Trinajstić information content (AvgIpc) is 3.76. The molecule has 0 nitrogen and oxygen atoms in total. The molecule has 60 heavy (non-hydrogen) atoms. The van der Waals surface area contributed by atoms with Crippen molar-refractivity contribution in [1.29, 1.82) is 0 Å². The maximum atomic E-state index is 2.82. The first-order valence-corrected chi connectivity index (χ1v) is 28.3. The third-order valence-corrected chi connectivity index (χ3v) is 23.6. The lowest BCUT2D eigenvalue weighted by molar-refractivity contribution is -0.121. The predicted molar refractivity (Wildman–Crippen MR) is 261 cm³/mol. The van der Waals surface area contributed by atoms with Gasteiger partial charge in [-0.1, -0.05) is 120 Å². The third-order valence-electron chi connectivity index (χ3n) is 23.6. The van der Waals surface area contributed by atoms with Gasteiger partial charge in [-0.05, 0) is 258 Å². The van der Waals surface area contributed by atoms with Crippen molar-refractivity contribution in [3.05, 3.63) is 12.2 Å². The molecular weight excluding hydrogens is 721 g/mol. The Balaban J connectivity index is 0.750. The van der Waals surface area contributed by atoms with Crippen molar-refractivity contribution in [3.8, 4) is 0 Å². The minimum Gasteiger partial charge on any atom is -0.0885 e. The van der Waals surface area contributed by atoms with E-state index in [9.17, 15) is 0 Å². The molecule has 0 heteroatoms. The Hall–Kier alpha value is -0.260. The molecule has 8 aliphatic rings. The minimum atomic E-state index is 0.644. The maximum Gasteiger partial charge on any atom is -0.0264 e. The van der Waals surface area contributed by atoms with Crippen molar-refractivity contribution in [3.63, 3.8) is 0 Å². The summed E-state index contributed by atoms with van der Waals surface area (Å²) in [4.78, 5) is 0. The number of rotatable bonds is 16. The van der Waals surface area contributed by atoms with Crippen LogP contribution in [0.3, 0.4) is 0 Å². The highest BCUT2D eigenvalue weighted by Gasteiger charge is 2.62. The Morgan fingerprint density at radius 2 is 0.800 bits per heavy atom. The monoisotopic (exact) mass is 825 g/mol. The highest BCUT2D eigenvalue weighted by atomic mass is 14.7. The Labute approximate surface area is 376 Å². The molecule has 18 atom stereocenters. The summed E-state index contributed by atoms with van der Waals surface area (Å²) in [5, 5.41) is 0. The van der Waals surface area contributed by atoms with E-state index in [1.807, 2.05) is 0 Å². The van der Waals surface area contributed by atoms with E-state index in [4.69, 9.17) is 0 Å². The Bertz CT molecular complexity index is 1300. The Morgan fingerprint density at radius 3 is 1.20 bits per heavy atom. The molecule has 0 amide bonds. The fraction of sp³-hybridized carbons (Fsp3) is 0.967. The van der Waals surface area contributed by atoms with Gasteiger partial charge in [0.15, 0.2) is 0 Å². The normalized spacial score (nSPS) is 47.3. The van der Waals surface area contributed by atoms with Crippen molar-refractivity contribution >= 4 is 0 Å². The molecule has 0 heterocycles. The third kappa shape index (κ3) is 8.87. The zero-order valence-electron chi connectivity index (χ0n) is 42.2. The fourth-order valence-corrected chi connectivity index (χ4v) is 20.2. The van der Waals surface area contributed by atoms with Crippen LogP contribution in [0, 0.1) is 116 Å². The molecule has 8 aliphatic carbocycles. The summed E-state index contributed by atoms with van der Waals surface area (Å²) >= 11 is 0. The molecule has 0 N–H and O–H groups in total. The van der Waals surface area contributed by atoms with Crippen LogP contribution in [0.4, 0.5) is 0 Å². The fourth-order valence-electron chi connectivity index (χ4n) is 20.2. The van der Waals surface area contributed by atoms with Crippen molar-refractivity contribution in [2.24, 2.45) is 116 Å². The standard InChI is InChI=1S/C60H104/c1-41(2)17-15-19-43(5)51-27-29-53-49-25-23-47-39-45(31-35-57(47,7)55(49)33-37-59(51,53)9)21-13-11-12-14-22-46-32-36-58(8)48(40-46)24-26-50-54-30-28-52(44(6)20-16-18-42(3)4)60(54,10)38-34-56(50)58/h11-12,41-56H,13-40H2,1-10H3. The van der Waals surface area contributed by atoms with Crippen LogP contribution in [0.15, 0.2) is 12.2 Å². The molecule has 0 saturated heterocycles. The Kier molecular flexibility index (Phi) is 14.6. The molecule has 0 radical (unpaired) electrons. The van der Waals surface area contributed by atoms with Crippen molar-refractivity contribution in [2.45, 2.75) is 249 Å². The second-order valence-corrected chi connectivity index (χ2v) is 27.3. The van der Waals surface area contributed by atoms with Gasteiger partial charge >= 0.3 is 0 Å². The van der Waals surface area contributed by atoms with E-state index in [2.05, 4.69) is 81.4 Å². The van der Waals surface area contributed by atoms with Gasteiger partial charge in [-0.15, -0.1) is 0 Å². The van der Waals surface area contributed by atoms with Crippen LogP contribution < -0.4 is 0 Å². The lowest BCUT2D eigenvalue weighted by Gasteiger charge is -2.61. The van der Waals surface area contributed by atoms with Crippen molar-refractivity contribution in [2.75, 3.05) is 0 Å². The molecule has 0 aromatic carbocycles. The summed E-state index contributed by atoms with van der Waals surface area (Å²) in [6.07, 6.45) is 47.7. The molecule has 0 aliphatic heterocycles. The predicted octanol–water partition coefficient (Wildman–Crippen LogP) is 18.6. The van der Waals surface area contributed by atoms with E-state index in [-0.39, 0.29) is 0 Å². The van der Waals surface area contributed by atoms with Gasteiger partial charge in [0.25, 0.3) is 0 Å². The van der Waals surface area contributed by atoms with E-state index in [0.717, 1.165) is 94.7 Å². The zero-order valence-corrected chi connectivity index (χ0v) is 42.2. The van der Waals surface area contributed by atoms with E-state index in [0.29, 0.717) is 21.7 Å². The smallest absolute Gasteiger partial charge is 0.0264 e. The van der Waals surface area contributed by atoms with Gasteiger partial charge in [0, 0.05) is 0 Å². The minimum absolute atomic E-state index is 0.644. The topological polar surface area (TPSA) is 0 Å². The van der Waals surface area contributed by atoms with Gasteiger partial charge in [0.2, 0.25) is 0 Å². The maximum absolute atomic E-state index is 2.82. The molecule has 8 fully saturated rings. The van der Waals surface area contributed by atoms with Crippen LogP contribution in [-0.4, -0.2) is 0 Å². The summed E-state index contributed by atoms with van der Waals surface area (Å²) in [6.45, 7) is 26.2. The van der Waals surface area contributed by atoms with Gasteiger partial charge < -0.3 is 0 Å². The lowest BCUT2D eigenvalue weighted by Crippen LogP contribution is -2.53. The molecule has 0 aromatic rings.